The maximum Gasteiger partial charge on any atom is 0.305 e. The van der Waals surface area contributed by atoms with E-state index in [-0.39, 0.29) is 18.4 Å². The molecular weight excluding hydrogens is 879 g/mol. The first kappa shape index (κ1) is 50.0. The van der Waals surface area contributed by atoms with Gasteiger partial charge < -0.3 is 31.9 Å². The summed E-state index contributed by atoms with van der Waals surface area (Å²) >= 11 is 0. The molecule has 0 amide bonds. The zero-order valence-corrected chi connectivity index (χ0v) is 41.3. The van der Waals surface area contributed by atoms with Gasteiger partial charge in [0.2, 0.25) is 5.88 Å². The van der Waals surface area contributed by atoms with E-state index in [1.807, 2.05) is 50.5 Å². The Morgan fingerprint density at radius 1 is 0.662 bits per heavy atom. The molecule has 1 aromatic heterocycles. The summed E-state index contributed by atoms with van der Waals surface area (Å²) in [6.45, 7) is 1.09. The van der Waals surface area contributed by atoms with E-state index in [1.165, 1.54) is 21.5 Å². The van der Waals surface area contributed by atoms with Crippen LogP contribution in [-0.4, -0.2) is 61.5 Å². The Labute approximate surface area is 410 Å². The fourth-order valence-electron chi connectivity index (χ4n) is 9.91. The van der Waals surface area contributed by atoms with Gasteiger partial charge in [0.15, 0.2) is 0 Å². The number of aryl methyl sites for hydroxylation is 1. The zero-order valence-electron chi connectivity index (χ0n) is 39.6. The van der Waals surface area contributed by atoms with Crippen LogP contribution >= 0.6 is 7.26 Å². The Morgan fingerprint density at radius 2 is 1.26 bits per heavy atom. The minimum absolute atomic E-state index is 0. The highest BCUT2D eigenvalue weighted by atomic mass is 35.5. The number of nitrogens with zero attached hydrogens (tertiary/aromatic N) is 2. The Hall–Kier alpha value is -5.88. The molecule has 0 aliphatic heterocycles. The largest absolute Gasteiger partial charge is 1.00 e. The van der Waals surface area contributed by atoms with E-state index < -0.39 is 18.8 Å². The fourth-order valence-corrected chi connectivity index (χ4v) is 14.3. The quantitative estimate of drug-likeness (QED) is 0.0417. The predicted octanol–water partition coefficient (Wildman–Crippen LogP) is 8.79. The number of fused-ring (bicyclic) bond motifs is 2. The van der Waals surface area contributed by atoms with Crippen molar-refractivity contribution in [2.24, 2.45) is 0 Å². The first-order chi connectivity index (χ1) is 32.8. The molecule has 6 nitrogen and oxygen atoms in total. The van der Waals surface area contributed by atoms with Crippen LogP contribution < -0.4 is 33.1 Å². The number of rotatable bonds is 22. The van der Waals surface area contributed by atoms with Crippen molar-refractivity contribution in [3.63, 3.8) is 0 Å². The molecule has 0 aliphatic rings. The van der Waals surface area contributed by atoms with Crippen molar-refractivity contribution < 1.29 is 31.8 Å². The molecule has 0 saturated heterocycles. The van der Waals surface area contributed by atoms with Crippen molar-refractivity contribution in [2.45, 2.75) is 62.9 Å². The van der Waals surface area contributed by atoms with Crippen LogP contribution in [0.15, 0.2) is 188 Å². The van der Waals surface area contributed by atoms with Crippen LogP contribution in [0.25, 0.3) is 21.7 Å². The normalized spacial score (nSPS) is 12.9. The van der Waals surface area contributed by atoms with Crippen molar-refractivity contribution in [1.82, 2.24) is 9.88 Å². The molecule has 0 bridgehead atoms. The number of ether oxygens (including phenoxy) is 2. The summed E-state index contributed by atoms with van der Waals surface area (Å²) in [5.74, 6) is -0.103. The van der Waals surface area contributed by atoms with E-state index in [0.717, 1.165) is 83.1 Å². The van der Waals surface area contributed by atoms with Crippen molar-refractivity contribution >= 4 is 50.8 Å². The molecule has 350 valence electrons. The molecule has 8 aromatic rings. The smallest absolute Gasteiger partial charge is 0.305 e. The van der Waals surface area contributed by atoms with Gasteiger partial charge in [-0.15, -0.1) is 0 Å². The van der Waals surface area contributed by atoms with Gasteiger partial charge in [0.05, 0.1) is 25.4 Å². The van der Waals surface area contributed by atoms with Crippen molar-refractivity contribution in [3.05, 3.63) is 210 Å². The second-order valence-electron chi connectivity index (χ2n) is 18.0. The lowest BCUT2D eigenvalue weighted by molar-refractivity contribution is -0.143. The van der Waals surface area contributed by atoms with E-state index in [2.05, 4.69) is 157 Å². The number of unbranched alkanes of at least 4 members (excludes halogenated alkanes) is 3. The lowest BCUT2D eigenvalue weighted by atomic mass is 9.70. The van der Waals surface area contributed by atoms with Gasteiger partial charge in [0.25, 0.3) is 0 Å². The Morgan fingerprint density at radius 3 is 1.90 bits per heavy atom. The fraction of sp³-hybridized carbons (Fsp3) is 0.267. The lowest BCUT2D eigenvalue weighted by Gasteiger charge is -2.39. The Kier molecular flexibility index (Phi) is 17.6. The van der Waals surface area contributed by atoms with Crippen LogP contribution in [0.4, 0.5) is 0 Å². The highest BCUT2D eigenvalue weighted by Crippen LogP contribution is 2.56. The molecule has 1 N–H and O–H groups in total. The monoisotopic (exact) mass is 942 g/mol. The molecule has 0 radical (unpaired) electrons. The summed E-state index contributed by atoms with van der Waals surface area (Å²) < 4.78 is 11.8. The average Bonchev–Trinajstić information content (AvgIpc) is 3.37. The molecule has 1 heterocycles. The molecule has 7 aromatic carbocycles. The number of benzene rings is 7. The van der Waals surface area contributed by atoms with E-state index in [9.17, 15) is 9.90 Å². The van der Waals surface area contributed by atoms with Gasteiger partial charge in [-0.05, 0) is 141 Å². The van der Waals surface area contributed by atoms with Crippen LogP contribution in [0.2, 0.25) is 0 Å². The number of aliphatic hydroxyl groups is 1. The van der Waals surface area contributed by atoms with E-state index in [4.69, 9.17) is 14.5 Å². The molecule has 8 rings (SSSR count). The summed E-state index contributed by atoms with van der Waals surface area (Å²) in [7, 11) is 3.88. The number of halogens is 1. The van der Waals surface area contributed by atoms with Crippen LogP contribution in [0.5, 0.6) is 5.88 Å². The van der Waals surface area contributed by atoms with E-state index in [0.29, 0.717) is 31.9 Å². The highest BCUT2D eigenvalue weighted by Gasteiger charge is 2.45. The summed E-state index contributed by atoms with van der Waals surface area (Å²) in [5, 5.41) is 20.7. The number of carbonyl (C=O) groups excluding carboxylic acids is 1. The molecule has 0 aliphatic carbocycles. The molecule has 0 fully saturated rings. The maximum atomic E-state index is 13.4. The highest BCUT2D eigenvalue weighted by molar-refractivity contribution is 7.95. The van der Waals surface area contributed by atoms with Gasteiger partial charge in [0, 0.05) is 29.8 Å². The third kappa shape index (κ3) is 11.5. The van der Waals surface area contributed by atoms with Gasteiger partial charge in [-0.1, -0.05) is 133 Å². The lowest BCUT2D eigenvalue weighted by Crippen LogP contribution is -3.00. The van der Waals surface area contributed by atoms with E-state index in [1.54, 1.807) is 7.11 Å². The third-order valence-corrected chi connectivity index (χ3v) is 17.8. The number of methoxy groups -OCH3 is 1. The number of hydrogen-bond acceptors (Lipinski definition) is 6. The minimum Gasteiger partial charge on any atom is -1.00 e. The summed E-state index contributed by atoms with van der Waals surface area (Å²) in [4.78, 5) is 20.1. The van der Waals surface area contributed by atoms with Gasteiger partial charge >= 0.3 is 5.97 Å². The van der Waals surface area contributed by atoms with Crippen LogP contribution in [0, 0.1) is 0 Å². The zero-order chi connectivity index (χ0) is 46.5. The van der Waals surface area contributed by atoms with Gasteiger partial charge in [-0.25, -0.2) is 4.98 Å². The molecule has 0 saturated carbocycles. The first-order valence-corrected chi connectivity index (χ1v) is 25.9. The maximum absolute atomic E-state index is 13.4. The molecule has 0 unspecified atom stereocenters. The average molecular weight is 944 g/mol. The van der Waals surface area contributed by atoms with Gasteiger partial charge in [-0.3, -0.25) is 4.79 Å². The second-order valence-corrected chi connectivity index (χ2v) is 21.6. The minimum atomic E-state index is -1.87. The number of hydrogen-bond donors (Lipinski definition) is 1. The molecule has 2 atom stereocenters. The predicted molar refractivity (Wildman–Crippen MR) is 280 cm³/mol. The Bertz CT molecular complexity index is 2730. The standard InChI is InChI=1S/C60H64N2O4P.ClH/c1-62(2)41-40-60(64,55-36-23-28-47-25-18-19-35-53(47)55)58(48-26-9-4-10-27-48)54-45-49-44-46(38-39-56(49)61-59(54)65-3)24-20-21-42-66-57(63)37-17-8-22-43-67(50-29-11-5-12-30-50,51-31-13-6-14-32-51)52-33-15-7-16-34-52;/h4-7,9-16,18-19,23,25-36,38-39,44-45,58,64H,8,17,20-22,24,37,40-43H2,1-3H3;1H/q+1;/p-1/t58-,60-;/m1./s1. The third-order valence-electron chi connectivity index (χ3n) is 13.3. The molecule has 0 spiro atoms. The molecular formula is C60H64ClN2O4P. The van der Waals surface area contributed by atoms with Crippen LogP contribution in [0.1, 0.15) is 73.1 Å². The number of esters is 1. The van der Waals surface area contributed by atoms with E-state index >= 15 is 0 Å². The van der Waals surface area contributed by atoms with Crippen LogP contribution in [-0.2, 0) is 21.6 Å². The Balaban J connectivity index is 0.00000684. The van der Waals surface area contributed by atoms with Gasteiger partial charge in [0.1, 0.15) is 28.8 Å². The van der Waals surface area contributed by atoms with Crippen molar-refractivity contribution in [2.75, 3.05) is 40.5 Å². The molecule has 68 heavy (non-hydrogen) atoms. The summed E-state index contributed by atoms with van der Waals surface area (Å²) in [6.07, 6.45) is 7.31. The molecule has 8 heteroatoms. The van der Waals surface area contributed by atoms with Gasteiger partial charge in [-0.2, -0.15) is 0 Å². The number of aromatic nitrogens is 1. The van der Waals surface area contributed by atoms with Crippen molar-refractivity contribution in [1.29, 1.82) is 0 Å². The summed E-state index contributed by atoms with van der Waals surface area (Å²) in [5.41, 5.74) is 3.41. The number of pyridine rings is 1. The SMILES string of the molecule is COc1nc2ccc(CCCCOC(=O)CCCCC[P+](c3ccccc3)(c3ccccc3)c3ccccc3)cc2cc1[C@@H](c1ccccc1)[C@@](O)(CCN(C)C)c1cccc2ccccc12.[Cl-]. The topological polar surface area (TPSA) is 71.9 Å². The summed E-state index contributed by atoms with van der Waals surface area (Å²) in [6, 6.07) is 66.3. The first-order valence-electron chi connectivity index (χ1n) is 23.9. The van der Waals surface area contributed by atoms with Crippen LogP contribution in [0.3, 0.4) is 0 Å². The number of carbonyl (C=O) groups is 1. The second kappa shape index (κ2) is 23.9. The van der Waals surface area contributed by atoms with Crippen molar-refractivity contribution in [3.8, 4) is 5.88 Å².